The first-order valence-electron chi connectivity index (χ1n) is 12.5. The Morgan fingerprint density at radius 3 is 2.20 bits per heavy atom. The smallest absolute Gasteiger partial charge is 0.257 e. The van der Waals surface area contributed by atoms with Crippen molar-refractivity contribution in [1.29, 1.82) is 0 Å². The van der Waals surface area contributed by atoms with Gasteiger partial charge in [-0.3, -0.25) is 9.59 Å². The number of benzene rings is 3. The summed E-state index contributed by atoms with van der Waals surface area (Å²) < 4.78 is 6.31. The molecule has 1 aliphatic heterocycles. The first-order chi connectivity index (χ1) is 17.1. The Labute approximate surface area is 208 Å². The maximum Gasteiger partial charge on any atom is 0.257 e. The van der Waals surface area contributed by atoms with Crippen molar-refractivity contribution in [3.05, 3.63) is 102 Å². The summed E-state index contributed by atoms with van der Waals surface area (Å²) in [6, 6.07) is 26.9. The molecule has 0 bridgehead atoms. The third kappa shape index (κ3) is 6.50. The van der Waals surface area contributed by atoms with Crippen molar-refractivity contribution >= 4 is 11.8 Å². The summed E-state index contributed by atoms with van der Waals surface area (Å²) in [4.78, 5) is 30.6. The Balaban J connectivity index is 1.67. The van der Waals surface area contributed by atoms with Crippen molar-refractivity contribution in [1.82, 2.24) is 9.80 Å². The first-order valence-corrected chi connectivity index (χ1v) is 12.5. The second-order valence-corrected chi connectivity index (χ2v) is 9.16. The van der Waals surface area contributed by atoms with Crippen LogP contribution in [-0.2, 0) is 6.42 Å². The van der Waals surface area contributed by atoms with Gasteiger partial charge in [0.15, 0.2) is 0 Å². The van der Waals surface area contributed by atoms with E-state index >= 15 is 0 Å². The number of para-hydroxylation sites is 1. The van der Waals surface area contributed by atoms with Crippen LogP contribution in [0.2, 0.25) is 0 Å². The lowest BCUT2D eigenvalue weighted by atomic mass is 10.0. The molecule has 182 valence electrons. The molecule has 4 rings (SSSR count). The minimum absolute atomic E-state index is 0.0197. The van der Waals surface area contributed by atoms with E-state index in [0.29, 0.717) is 43.0 Å². The van der Waals surface area contributed by atoms with Crippen LogP contribution in [0.3, 0.4) is 0 Å². The molecule has 0 fully saturated rings. The molecule has 0 N–H and O–H groups in total. The zero-order valence-corrected chi connectivity index (χ0v) is 20.4. The van der Waals surface area contributed by atoms with E-state index in [0.717, 1.165) is 31.2 Å². The van der Waals surface area contributed by atoms with Gasteiger partial charge < -0.3 is 14.5 Å². The van der Waals surface area contributed by atoms with Crippen LogP contribution >= 0.6 is 0 Å². The molecule has 1 heterocycles. The minimum atomic E-state index is -0.172. The highest BCUT2D eigenvalue weighted by Gasteiger charge is 2.27. The summed E-state index contributed by atoms with van der Waals surface area (Å²) in [5.41, 5.74) is 2.40. The van der Waals surface area contributed by atoms with Gasteiger partial charge in [-0.15, -0.1) is 0 Å². The van der Waals surface area contributed by atoms with E-state index in [-0.39, 0.29) is 17.9 Å². The fourth-order valence-corrected chi connectivity index (χ4v) is 4.59. The number of carbonyl (C=O) groups excluding carboxylic acids is 2. The molecule has 0 saturated heterocycles. The van der Waals surface area contributed by atoms with Crippen LogP contribution in [0.4, 0.5) is 0 Å². The van der Waals surface area contributed by atoms with Crippen LogP contribution in [0, 0.1) is 0 Å². The Bertz CT molecular complexity index is 1100. The quantitative estimate of drug-likeness (QED) is 0.510. The molecule has 5 heteroatoms. The number of carbonyl (C=O) groups is 2. The van der Waals surface area contributed by atoms with E-state index in [1.165, 1.54) is 0 Å². The Hall–Kier alpha value is -3.60. The van der Waals surface area contributed by atoms with E-state index in [1.54, 1.807) is 4.90 Å². The van der Waals surface area contributed by atoms with Gasteiger partial charge in [-0.1, -0.05) is 73.5 Å². The molecule has 0 spiro atoms. The first kappa shape index (κ1) is 24.5. The Morgan fingerprint density at radius 1 is 0.829 bits per heavy atom. The average molecular weight is 471 g/mol. The summed E-state index contributed by atoms with van der Waals surface area (Å²) in [6.07, 6.45) is 4.56. The second kappa shape index (κ2) is 12.2. The van der Waals surface area contributed by atoms with Gasteiger partial charge in [0.25, 0.3) is 11.8 Å². The molecule has 0 radical (unpaired) electrons. The average Bonchev–Trinajstić information content (AvgIpc) is 2.91. The number of fused-ring (bicyclic) bond motifs is 1. The number of ether oxygens (including phenoxy) is 1. The third-order valence-electron chi connectivity index (χ3n) is 6.57. The minimum Gasteiger partial charge on any atom is -0.491 e. The highest BCUT2D eigenvalue weighted by atomic mass is 16.5. The van der Waals surface area contributed by atoms with Crippen molar-refractivity contribution < 1.29 is 14.3 Å². The molecule has 3 aromatic rings. The normalized spacial score (nSPS) is 17.7. The number of amides is 2. The van der Waals surface area contributed by atoms with Crippen molar-refractivity contribution in [3.63, 3.8) is 0 Å². The van der Waals surface area contributed by atoms with Crippen molar-refractivity contribution in [3.8, 4) is 5.75 Å². The molecule has 3 aromatic carbocycles. The predicted molar refractivity (Wildman–Crippen MR) is 139 cm³/mol. The number of rotatable bonds is 3. The molecular weight excluding hydrogens is 436 g/mol. The van der Waals surface area contributed by atoms with Crippen LogP contribution in [0.1, 0.15) is 52.0 Å². The molecule has 1 aliphatic rings. The molecule has 1 atom stereocenters. The van der Waals surface area contributed by atoms with Crippen LogP contribution in [0.25, 0.3) is 0 Å². The highest BCUT2D eigenvalue weighted by molar-refractivity contribution is 5.97. The van der Waals surface area contributed by atoms with E-state index in [2.05, 4.69) is 12.1 Å². The van der Waals surface area contributed by atoms with Crippen LogP contribution in [-0.4, -0.2) is 54.4 Å². The highest BCUT2D eigenvalue weighted by Crippen LogP contribution is 2.23. The van der Waals surface area contributed by atoms with Gasteiger partial charge in [0, 0.05) is 25.7 Å². The molecule has 5 nitrogen and oxygen atoms in total. The maximum atomic E-state index is 13.7. The molecular formula is C30H34N2O3. The van der Waals surface area contributed by atoms with Gasteiger partial charge >= 0.3 is 0 Å². The predicted octanol–water partition coefficient (Wildman–Crippen LogP) is 5.47. The number of nitrogens with zero attached hydrogens (tertiary/aromatic N) is 2. The van der Waals surface area contributed by atoms with Gasteiger partial charge in [0.1, 0.15) is 12.4 Å². The SMILES string of the molecule is CN1CCCCCCN(C(=O)c2ccccc2)[C@@H](Cc2ccccc2)COc2ccccc2C1=O. The summed E-state index contributed by atoms with van der Waals surface area (Å²) in [5, 5.41) is 0. The molecule has 0 aromatic heterocycles. The monoisotopic (exact) mass is 470 g/mol. The molecule has 0 saturated carbocycles. The van der Waals surface area contributed by atoms with Crippen LogP contribution < -0.4 is 4.74 Å². The lowest BCUT2D eigenvalue weighted by Crippen LogP contribution is -2.45. The Kier molecular flexibility index (Phi) is 8.55. The maximum absolute atomic E-state index is 13.7. The van der Waals surface area contributed by atoms with Gasteiger partial charge in [0.2, 0.25) is 0 Å². The van der Waals surface area contributed by atoms with Gasteiger partial charge in [-0.05, 0) is 49.1 Å². The van der Waals surface area contributed by atoms with E-state index < -0.39 is 0 Å². The summed E-state index contributed by atoms with van der Waals surface area (Å²) in [5.74, 6) is 0.549. The van der Waals surface area contributed by atoms with Crippen LogP contribution in [0.5, 0.6) is 5.75 Å². The fourth-order valence-electron chi connectivity index (χ4n) is 4.59. The zero-order valence-electron chi connectivity index (χ0n) is 20.4. The van der Waals surface area contributed by atoms with Gasteiger partial charge in [0.05, 0.1) is 11.6 Å². The topological polar surface area (TPSA) is 49.9 Å². The number of hydrogen-bond acceptors (Lipinski definition) is 3. The van der Waals surface area contributed by atoms with E-state index in [1.807, 2.05) is 84.7 Å². The molecule has 35 heavy (non-hydrogen) atoms. The molecule has 0 unspecified atom stereocenters. The zero-order chi connectivity index (χ0) is 24.5. The van der Waals surface area contributed by atoms with Crippen molar-refractivity contribution in [2.24, 2.45) is 0 Å². The van der Waals surface area contributed by atoms with Gasteiger partial charge in [-0.2, -0.15) is 0 Å². The van der Waals surface area contributed by atoms with Gasteiger partial charge in [-0.25, -0.2) is 0 Å². The number of hydrogen-bond donors (Lipinski definition) is 0. The van der Waals surface area contributed by atoms with Crippen LogP contribution in [0.15, 0.2) is 84.9 Å². The summed E-state index contributed by atoms with van der Waals surface area (Å²) in [7, 11) is 1.85. The van der Waals surface area contributed by atoms with Crippen molar-refractivity contribution in [2.45, 2.75) is 38.1 Å². The lowest BCUT2D eigenvalue weighted by molar-refractivity contribution is 0.0599. The largest absolute Gasteiger partial charge is 0.491 e. The molecule has 0 aliphatic carbocycles. The van der Waals surface area contributed by atoms with Crippen molar-refractivity contribution in [2.75, 3.05) is 26.7 Å². The third-order valence-corrected chi connectivity index (χ3v) is 6.57. The lowest BCUT2D eigenvalue weighted by Gasteiger charge is -2.33. The standard InChI is InChI=1S/C30H34N2O3/c1-31-20-12-2-3-13-21-32(29(33)25-16-8-5-9-17-25)26(22-24-14-6-4-7-15-24)23-35-28-19-11-10-18-27(28)30(31)34/h4-11,14-19,26H,2-3,12-13,20-23H2,1H3/t26-/m0/s1. The Morgan fingerprint density at radius 2 is 1.46 bits per heavy atom. The fraction of sp³-hybridized carbons (Fsp3) is 0.333. The molecule has 2 amide bonds. The van der Waals surface area contributed by atoms with E-state index in [4.69, 9.17) is 4.74 Å². The summed E-state index contributed by atoms with van der Waals surface area (Å²) in [6.45, 7) is 1.68. The second-order valence-electron chi connectivity index (χ2n) is 9.16. The summed E-state index contributed by atoms with van der Waals surface area (Å²) >= 11 is 0. The van der Waals surface area contributed by atoms with E-state index in [9.17, 15) is 9.59 Å².